The van der Waals surface area contributed by atoms with Crippen molar-refractivity contribution in [1.82, 2.24) is 4.98 Å². The molecule has 9 aromatic carbocycles. The zero-order valence-corrected chi connectivity index (χ0v) is 32.7. The summed E-state index contributed by atoms with van der Waals surface area (Å²) in [5.41, 5.74) is 10.8. The van der Waals surface area contributed by atoms with Crippen LogP contribution in [0.3, 0.4) is 0 Å². The van der Waals surface area contributed by atoms with Crippen molar-refractivity contribution in [2.75, 3.05) is 4.90 Å². The maximum absolute atomic E-state index is 6.68. The van der Waals surface area contributed by atoms with E-state index in [1.807, 2.05) is 22.7 Å². The Morgan fingerprint density at radius 1 is 0.414 bits per heavy atom. The summed E-state index contributed by atoms with van der Waals surface area (Å²) in [7, 11) is 0. The van der Waals surface area contributed by atoms with Crippen LogP contribution in [0.1, 0.15) is 0 Å². The molecule has 0 aliphatic heterocycles. The van der Waals surface area contributed by atoms with Gasteiger partial charge in [0, 0.05) is 63.0 Å². The molecular weight excluding hydrogens is 745 g/mol. The number of nitrogens with zero attached hydrogens (tertiary/aromatic N) is 2. The van der Waals surface area contributed by atoms with Crippen molar-refractivity contribution in [3.63, 3.8) is 0 Å². The molecule has 272 valence electrons. The van der Waals surface area contributed by atoms with Gasteiger partial charge in [-0.15, -0.1) is 22.7 Å². The standard InChI is InChI=1S/C53H32N2OS2/c1-2-9-33(10-3-1)35-17-23-39(24-18-35)55(41-27-19-34-11-4-5-12-37(34)31-41)40-25-20-36(21-26-40)42-14-8-15-45-50-48(58-52(42)45)30-29-46-51(50)56-53(54-46)38-22-28-44-43-13-6-7-16-47(43)57-49(44)32-38/h1-32H. The van der Waals surface area contributed by atoms with E-state index in [4.69, 9.17) is 9.40 Å². The van der Waals surface area contributed by atoms with Crippen molar-refractivity contribution >= 4 is 102 Å². The van der Waals surface area contributed by atoms with Gasteiger partial charge in [0.15, 0.2) is 5.58 Å². The Hall–Kier alpha value is -7.05. The Bertz CT molecular complexity index is 3510. The fraction of sp³-hybridized carbons (Fsp3) is 0. The fourth-order valence-corrected chi connectivity index (χ4v) is 10.8. The van der Waals surface area contributed by atoms with Crippen molar-refractivity contribution in [2.24, 2.45) is 0 Å². The van der Waals surface area contributed by atoms with Crippen molar-refractivity contribution in [3.05, 3.63) is 194 Å². The topological polar surface area (TPSA) is 29.3 Å². The van der Waals surface area contributed by atoms with E-state index >= 15 is 0 Å². The molecule has 0 amide bonds. The summed E-state index contributed by atoms with van der Waals surface area (Å²) in [5, 5.41) is 7.31. The zero-order valence-electron chi connectivity index (χ0n) is 31.1. The van der Waals surface area contributed by atoms with Crippen LogP contribution in [0, 0.1) is 0 Å². The van der Waals surface area contributed by atoms with Crippen LogP contribution >= 0.6 is 22.7 Å². The quantitative estimate of drug-likeness (QED) is 0.168. The lowest BCUT2D eigenvalue weighted by Crippen LogP contribution is -2.09. The summed E-state index contributed by atoms with van der Waals surface area (Å²) >= 11 is 3.63. The first-order chi connectivity index (χ1) is 28.7. The molecule has 0 saturated heterocycles. The highest BCUT2D eigenvalue weighted by Crippen LogP contribution is 2.45. The number of oxazole rings is 1. The Kier molecular flexibility index (Phi) is 7.58. The molecule has 12 rings (SSSR count). The summed E-state index contributed by atoms with van der Waals surface area (Å²) in [5.74, 6) is 0.652. The molecule has 3 aromatic heterocycles. The van der Waals surface area contributed by atoms with Gasteiger partial charge in [0.2, 0.25) is 5.89 Å². The molecule has 0 atom stereocenters. The van der Waals surface area contributed by atoms with E-state index in [1.165, 1.54) is 68.0 Å². The van der Waals surface area contributed by atoms with Crippen molar-refractivity contribution in [2.45, 2.75) is 0 Å². The predicted octanol–water partition coefficient (Wildman–Crippen LogP) is 16.2. The van der Waals surface area contributed by atoms with E-state index < -0.39 is 0 Å². The second kappa shape index (κ2) is 13.3. The summed E-state index contributed by atoms with van der Waals surface area (Å²) in [6.45, 7) is 0. The molecule has 58 heavy (non-hydrogen) atoms. The summed E-state index contributed by atoms with van der Waals surface area (Å²) in [4.78, 5) is 7.36. The average molecular weight is 777 g/mol. The molecule has 0 fully saturated rings. The van der Waals surface area contributed by atoms with Gasteiger partial charge in [-0.1, -0.05) is 127 Å². The summed E-state index contributed by atoms with van der Waals surface area (Å²) in [6, 6.07) is 69.8. The molecular formula is C53H32N2OS2. The van der Waals surface area contributed by atoms with E-state index in [-0.39, 0.29) is 0 Å². The number of fused-ring (bicyclic) bond motifs is 9. The van der Waals surface area contributed by atoms with Crippen LogP contribution in [-0.4, -0.2) is 4.98 Å². The number of rotatable bonds is 6. The lowest BCUT2D eigenvalue weighted by atomic mass is 10.0. The third-order valence-electron chi connectivity index (χ3n) is 11.3. The van der Waals surface area contributed by atoms with Gasteiger partial charge in [-0.05, 0) is 99.8 Å². The van der Waals surface area contributed by atoms with Gasteiger partial charge in [0.05, 0.1) is 0 Å². The number of hydrogen-bond donors (Lipinski definition) is 0. The molecule has 0 radical (unpaired) electrons. The third kappa shape index (κ3) is 5.43. The zero-order chi connectivity index (χ0) is 38.2. The minimum Gasteiger partial charge on any atom is -0.435 e. The van der Waals surface area contributed by atoms with E-state index in [1.54, 1.807) is 0 Å². The molecule has 0 spiro atoms. The van der Waals surface area contributed by atoms with Crippen LogP contribution in [0.5, 0.6) is 0 Å². The van der Waals surface area contributed by atoms with Crippen molar-refractivity contribution < 1.29 is 4.42 Å². The first-order valence-corrected chi connectivity index (χ1v) is 21.1. The van der Waals surface area contributed by atoms with Gasteiger partial charge in [0.25, 0.3) is 0 Å². The van der Waals surface area contributed by atoms with E-state index in [0.717, 1.165) is 39.1 Å². The Morgan fingerprint density at radius 2 is 1.09 bits per heavy atom. The largest absolute Gasteiger partial charge is 0.435 e. The normalized spacial score (nSPS) is 11.8. The number of hydrogen-bond acceptors (Lipinski definition) is 5. The smallest absolute Gasteiger partial charge is 0.227 e. The molecule has 0 aliphatic carbocycles. The second-order valence-corrected chi connectivity index (χ2v) is 16.9. The van der Waals surface area contributed by atoms with Gasteiger partial charge < -0.3 is 9.32 Å². The van der Waals surface area contributed by atoms with E-state index in [2.05, 4.69) is 199 Å². The molecule has 0 bridgehead atoms. The molecule has 3 heterocycles. The third-order valence-corrected chi connectivity index (χ3v) is 13.6. The maximum atomic E-state index is 6.68. The van der Waals surface area contributed by atoms with Gasteiger partial charge in [-0.2, -0.15) is 0 Å². The van der Waals surface area contributed by atoms with Gasteiger partial charge in [0.1, 0.15) is 5.52 Å². The van der Waals surface area contributed by atoms with E-state index in [0.29, 0.717) is 5.89 Å². The summed E-state index contributed by atoms with van der Waals surface area (Å²) < 4.78 is 11.6. The minimum absolute atomic E-state index is 0.652. The molecule has 0 saturated carbocycles. The lowest BCUT2D eigenvalue weighted by Gasteiger charge is -2.26. The maximum Gasteiger partial charge on any atom is 0.227 e. The Labute approximate surface area is 342 Å². The highest BCUT2D eigenvalue weighted by molar-refractivity contribution is 7.26. The lowest BCUT2D eigenvalue weighted by molar-refractivity contribution is 0.623. The highest BCUT2D eigenvalue weighted by Gasteiger charge is 2.19. The monoisotopic (exact) mass is 776 g/mol. The van der Waals surface area contributed by atoms with Crippen LogP contribution in [0.4, 0.5) is 17.1 Å². The molecule has 5 heteroatoms. The predicted molar refractivity (Wildman–Crippen MR) is 248 cm³/mol. The van der Waals surface area contributed by atoms with Crippen molar-refractivity contribution in [1.29, 1.82) is 0 Å². The Morgan fingerprint density at radius 3 is 1.93 bits per heavy atom. The van der Waals surface area contributed by atoms with Crippen LogP contribution < -0.4 is 4.90 Å². The fourth-order valence-electron chi connectivity index (χ4n) is 8.46. The molecule has 12 aromatic rings. The molecule has 3 nitrogen and oxygen atoms in total. The van der Waals surface area contributed by atoms with Gasteiger partial charge in [-0.25, -0.2) is 4.98 Å². The number of benzene rings is 9. The SMILES string of the molecule is c1ccc(-c2ccc(N(c3ccc(-c4cccc5c4sc4ccc6nc(-c7ccc8c(c7)sc7ccccc78)oc6c45)cc3)c3ccc4ccccc4c3)cc2)cc1. The first-order valence-electron chi connectivity index (χ1n) is 19.4. The van der Waals surface area contributed by atoms with Gasteiger partial charge >= 0.3 is 0 Å². The van der Waals surface area contributed by atoms with Crippen LogP contribution in [0.15, 0.2) is 199 Å². The molecule has 0 N–H and O–H groups in total. The van der Waals surface area contributed by atoms with Gasteiger partial charge in [-0.3, -0.25) is 0 Å². The number of anilines is 3. The molecule has 0 aliphatic rings. The Balaban J connectivity index is 0.933. The van der Waals surface area contributed by atoms with Crippen LogP contribution in [0.2, 0.25) is 0 Å². The number of aromatic nitrogens is 1. The van der Waals surface area contributed by atoms with Crippen molar-refractivity contribution in [3.8, 4) is 33.7 Å². The first kappa shape index (κ1) is 33.1. The second-order valence-electron chi connectivity index (χ2n) is 14.7. The highest BCUT2D eigenvalue weighted by atomic mass is 32.1. The average Bonchev–Trinajstić information content (AvgIpc) is 4.00. The van der Waals surface area contributed by atoms with Crippen LogP contribution in [-0.2, 0) is 0 Å². The number of thiophene rings is 2. The van der Waals surface area contributed by atoms with E-state index in [9.17, 15) is 0 Å². The molecule has 0 unspecified atom stereocenters. The minimum atomic E-state index is 0.652. The van der Waals surface area contributed by atoms with Crippen LogP contribution in [0.25, 0.3) is 95.9 Å². The summed E-state index contributed by atoms with van der Waals surface area (Å²) in [6.07, 6.45) is 0.